The van der Waals surface area contributed by atoms with Crippen LogP contribution in [0.4, 0.5) is 0 Å². The van der Waals surface area contributed by atoms with E-state index in [1.807, 2.05) is 17.9 Å². The molecule has 0 fully saturated rings. The van der Waals surface area contributed by atoms with Crippen LogP contribution in [0, 0.1) is 12.8 Å². The minimum Gasteiger partial charge on any atom is -0.316 e. The van der Waals surface area contributed by atoms with Gasteiger partial charge in [-0.05, 0) is 36.9 Å². The molecule has 1 unspecified atom stereocenters. The summed E-state index contributed by atoms with van der Waals surface area (Å²) in [5.41, 5.74) is 4.04. The van der Waals surface area contributed by atoms with E-state index in [0.29, 0.717) is 11.8 Å². The molecule has 0 saturated carbocycles. The average molecular weight is 285 g/mol. The van der Waals surface area contributed by atoms with E-state index in [0.717, 1.165) is 19.5 Å². The lowest BCUT2D eigenvalue weighted by molar-refractivity contribution is 0.514. The molecule has 1 aromatic heterocycles. The molecule has 0 aliphatic rings. The van der Waals surface area contributed by atoms with Crippen molar-refractivity contribution < 1.29 is 0 Å². The fourth-order valence-electron chi connectivity index (χ4n) is 2.64. The quantitative estimate of drug-likeness (QED) is 0.846. The maximum atomic E-state index is 4.29. The normalized spacial score (nSPS) is 12.8. The van der Waals surface area contributed by atoms with Crippen molar-refractivity contribution in [3.05, 3.63) is 53.3 Å². The van der Waals surface area contributed by atoms with Crippen LogP contribution in [0.25, 0.3) is 0 Å². The van der Waals surface area contributed by atoms with E-state index in [-0.39, 0.29) is 0 Å². The number of aryl methyl sites for hydroxylation is 2. The van der Waals surface area contributed by atoms with Crippen LogP contribution in [-0.2, 0) is 13.5 Å². The van der Waals surface area contributed by atoms with Crippen LogP contribution >= 0.6 is 0 Å². The predicted octanol–water partition coefficient (Wildman–Crippen LogP) is 3.30. The topological polar surface area (TPSA) is 29.9 Å². The van der Waals surface area contributed by atoms with Gasteiger partial charge in [-0.3, -0.25) is 4.68 Å². The van der Waals surface area contributed by atoms with Gasteiger partial charge in [0.05, 0.1) is 6.20 Å². The predicted molar refractivity (Wildman–Crippen MR) is 88.5 cm³/mol. The van der Waals surface area contributed by atoms with E-state index in [1.54, 1.807) is 0 Å². The Morgan fingerprint density at radius 2 is 2.05 bits per heavy atom. The molecule has 1 heterocycles. The van der Waals surface area contributed by atoms with Crippen LogP contribution in [0.1, 0.15) is 36.5 Å². The molecule has 0 saturated heterocycles. The molecule has 2 aromatic rings. The molecule has 0 radical (unpaired) electrons. The summed E-state index contributed by atoms with van der Waals surface area (Å²) >= 11 is 0. The highest BCUT2D eigenvalue weighted by Gasteiger charge is 2.13. The minimum absolute atomic E-state index is 0.493. The summed E-state index contributed by atoms with van der Waals surface area (Å²) < 4.78 is 1.88. The third kappa shape index (κ3) is 5.01. The highest BCUT2D eigenvalue weighted by Crippen LogP contribution is 2.21. The van der Waals surface area contributed by atoms with Gasteiger partial charge in [0.25, 0.3) is 0 Å². The summed E-state index contributed by atoms with van der Waals surface area (Å²) in [7, 11) is 1.97. The summed E-state index contributed by atoms with van der Waals surface area (Å²) in [5.74, 6) is 1.18. The van der Waals surface area contributed by atoms with Crippen LogP contribution in [0.5, 0.6) is 0 Å². The van der Waals surface area contributed by atoms with Crippen molar-refractivity contribution in [2.75, 3.05) is 13.1 Å². The Kier molecular flexibility index (Phi) is 5.57. The van der Waals surface area contributed by atoms with Crippen LogP contribution in [-0.4, -0.2) is 22.9 Å². The number of aromatic nitrogens is 2. The Morgan fingerprint density at radius 1 is 1.24 bits per heavy atom. The number of hydrogen-bond acceptors (Lipinski definition) is 2. The molecule has 21 heavy (non-hydrogen) atoms. The SMILES string of the molecule is Cc1cccc(C(CNCC(C)C)Cc2cnn(C)c2)c1. The second kappa shape index (κ2) is 7.41. The number of rotatable bonds is 7. The monoisotopic (exact) mass is 285 g/mol. The zero-order valence-corrected chi connectivity index (χ0v) is 13.6. The summed E-state index contributed by atoms with van der Waals surface area (Å²) in [6, 6.07) is 8.86. The third-order valence-electron chi connectivity index (χ3n) is 3.70. The van der Waals surface area contributed by atoms with E-state index in [2.05, 4.69) is 61.6 Å². The molecule has 3 nitrogen and oxygen atoms in total. The summed E-state index contributed by atoms with van der Waals surface area (Å²) in [6.07, 6.45) is 5.12. The molecule has 1 N–H and O–H groups in total. The third-order valence-corrected chi connectivity index (χ3v) is 3.70. The Bertz CT molecular complexity index is 557. The Balaban J connectivity index is 2.09. The smallest absolute Gasteiger partial charge is 0.0521 e. The standard InChI is InChI=1S/C18H27N3/c1-14(2)10-19-12-18(9-16-11-20-21(4)13-16)17-7-5-6-15(3)8-17/h5-8,11,13-14,18-19H,9-10,12H2,1-4H3. The maximum absolute atomic E-state index is 4.29. The fourth-order valence-corrected chi connectivity index (χ4v) is 2.64. The van der Waals surface area contributed by atoms with Crippen molar-refractivity contribution in [3.63, 3.8) is 0 Å². The molecule has 114 valence electrons. The van der Waals surface area contributed by atoms with E-state index in [4.69, 9.17) is 0 Å². The Labute approximate surface area is 128 Å². The van der Waals surface area contributed by atoms with Gasteiger partial charge in [0.1, 0.15) is 0 Å². The first-order valence-electron chi connectivity index (χ1n) is 7.79. The first kappa shape index (κ1) is 15.8. The maximum Gasteiger partial charge on any atom is 0.0521 e. The molecule has 3 heteroatoms. The van der Waals surface area contributed by atoms with Crippen LogP contribution in [0.3, 0.4) is 0 Å². The number of hydrogen-bond donors (Lipinski definition) is 1. The average Bonchev–Trinajstić information content (AvgIpc) is 2.83. The van der Waals surface area contributed by atoms with E-state index >= 15 is 0 Å². The molecular weight excluding hydrogens is 258 g/mol. The zero-order chi connectivity index (χ0) is 15.2. The van der Waals surface area contributed by atoms with Gasteiger partial charge in [-0.1, -0.05) is 43.7 Å². The van der Waals surface area contributed by atoms with Gasteiger partial charge < -0.3 is 5.32 Å². The van der Waals surface area contributed by atoms with Gasteiger partial charge >= 0.3 is 0 Å². The van der Waals surface area contributed by atoms with Crippen molar-refractivity contribution in [1.29, 1.82) is 0 Å². The number of nitrogens with one attached hydrogen (secondary N) is 1. The zero-order valence-electron chi connectivity index (χ0n) is 13.6. The minimum atomic E-state index is 0.493. The lowest BCUT2D eigenvalue weighted by Crippen LogP contribution is -2.26. The summed E-state index contributed by atoms with van der Waals surface area (Å²) in [6.45, 7) is 8.73. The van der Waals surface area contributed by atoms with Crippen molar-refractivity contribution in [2.45, 2.75) is 33.1 Å². The molecule has 0 bridgehead atoms. The lowest BCUT2D eigenvalue weighted by Gasteiger charge is -2.19. The first-order chi connectivity index (χ1) is 10.0. The van der Waals surface area contributed by atoms with E-state index in [1.165, 1.54) is 16.7 Å². The summed E-state index contributed by atoms with van der Waals surface area (Å²) in [5, 5.41) is 7.89. The van der Waals surface area contributed by atoms with E-state index in [9.17, 15) is 0 Å². The first-order valence-corrected chi connectivity index (χ1v) is 7.79. The second-order valence-electron chi connectivity index (χ2n) is 6.39. The molecule has 2 rings (SSSR count). The van der Waals surface area contributed by atoms with Gasteiger partial charge in [-0.15, -0.1) is 0 Å². The Morgan fingerprint density at radius 3 is 2.67 bits per heavy atom. The number of nitrogens with zero attached hydrogens (tertiary/aromatic N) is 2. The van der Waals surface area contributed by atoms with Gasteiger partial charge in [0.2, 0.25) is 0 Å². The van der Waals surface area contributed by atoms with Crippen molar-refractivity contribution in [1.82, 2.24) is 15.1 Å². The van der Waals surface area contributed by atoms with Crippen molar-refractivity contribution in [2.24, 2.45) is 13.0 Å². The fraction of sp³-hybridized carbons (Fsp3) is 0.500. The molecule has 0 amide bonds. The van der Waals surface area contributed by atoms with E-state index < -0.39 is 0 Å². The molecule has 1 aromatic carbocycles. The van der Waals surface area contributed by atoms with Crippen molar-refractivity contribution in [3.8, 4) is 0 Å². The van der Waals surface area contributed by atoms with Crippen LogP contribution in [0.2, 0.25) is 0 Å². The molecule has 0 aliphatic carbocycles. The molecule has 0 aliphatic heterocycles. The molecule has 0 spiro atoms. The molecule has 1 atom stereocenters. The Hall–Kier alpha value is -1.61. The van der Waals surface area contributed by atoms with Crippen LogP contribution < -0.4 is 5.32 Å². The van der Waals surface area contributed by atoms with Gasteiger partial charge in [0, 0.05) is 25.7 Å². The van der Waals surface area contributed by atoms with Crippen molar-refractivity contribution >= 4 is 0 Å². The number of benzene rings is 1. The van der Waals surface area contributed by atoms with Crippen LogP contribution in [0.15, 0.2) is 36.7 Å². The highest BCUT2D eigenvalue weighted by molar-refractivity contribution is 5.27. The largest absolute Gasteiger partial charge is 0.316 e. The van der Waals surface area contributed by atoms with Gasteiger partial charge in [-0.2, -0.15) is 5.10 Å². The highest BCUT2D eigenvalue weighted by atomic mass is 15.2. The second-order valence-corrected chi connectivity index (χ2v) is 6.39. The molecular formula is C18H27N3. The lowest BCUT2D eigenvalue weighted by atomic mass is 9.92. The van der Waals surface area contributed by atoms with Gasteiger partial charge in [-0.25, -0.2) is 0 Å². The summed E-state index contributed by atoms with van der Waals surface area (Å²) in [4.78, 5) is 0. The van der Waals surface area contributed by atoms with Gasteiger partial charge in [0.15, 0.2) is 0 Å².